The molecule has 0 aliphatic carbocycles. The number of hydrogen-bond donors (Lipinski definition) is 2. The molecule has 2 N–H and O–H groups in total. The van der Waals surface area contributed by atoms with Crippen molar-refractivity contribution >= 4 is 17.6 Å². The second-order valence-electron chi connectivity index (χ2n) is 5.56. The van der Waals surface area contributed by atoms with Crippen molar-refractivity contribution in [1.29, 1.82) is 0 Å². The number of amides is 1. The van der Waals surface area contributed by atoms with Gasteiger partial charge in [0.2, 0.25) is 5.91 Å². The molecule has 116 valence electrons. The first-order valence-corrected chi connectivity index (χ1v) is 7.07. The maximum atomic E-state index is 12.0. The Morgan fingerprint density at radius 1 is 1.19 bits per heavy atom. The first-order valence-electron chi connectivity index (χ1n) is 7.07. The molecule has 1 rings (SSSR count). The number of carbonyl (C=O) groups excluding carboxylic acids is 1. The number of carbonyl (C=O) groups is 2. The third-order valence-electron chi connectivity index (χ3n) is 3.29. The van der Waals surface area contributed by atoms with Crippen molar-refractivity contribution in [2.45, 2.75) is 33.6 Å². The van der Waals surface area contributed by atoms with Crippen LogP contribution in [0.5, 0.6) is 0 Å². The molecule has 0 aliphatic heterocycles. The first kappa shape index (κ1) is 17.2. The van der Waals surface area contributed by atoms with E-state index in [-0.39, 0.29) is 18.9 Å². The van der Waals surface area contributed by atoms with Crippen LogP contribution in [0.25, 0.3) is 0 Å². The zero-order chi connectivity index (χ0) is 16.0. The summed E-state index contributed by atoms with van der Waals surface area (Å²) >= 11 is 0. The van der Waals surface area contributed by atoms with Crippen LogP contribution in [0.2, 0.25) is 0 Å². The Morgan fingerprint density at radius 2 is 1.76 bits per heavy atom. The van der Waals surface area contributed by atoms with Gasteiger partial charge in [-0.3, -0.25) is 14.5 Å². The molecule has 1 aromatic carbocycles. The Labute approximate surface area is 126 Å². The number of carboxylic acid groups (broad SMARTS) is 1. The second-order valence-corrected chi connectivity index (χ2v) is 5.56. The van der Waals surface area contributed by atoms with E-state index in [0.29, 0.717) is 13.0 Å². The van der Waals surface area contributed by atoms with E-state index < -0.39 is 5.97 Å². The first-order chi connectivity index (χ1) is 9.79. The van der Waals surface area contributed by atoms with E-state index in [1.807, 2.05) is 44.9 Å². The molecule has 0 bridgehead atoms. The number of nitrogens with one attached hydrogen (secondary N) is 1. The maximum Gasteiger partial charge on any atom is 0.303 e. The van der Waals surface area contributed by atoms with Crippen molar-refractivity contribution in [1.82, 2.24) is 4.90 Å². The Morgan fingerprint density at radius 3 is 2.29 bits per heavy atom. The average Bonchev–Trinajstić information content (AvgIpc) is 2.33. The van der Waals surface area contributed by atoms with Crippen molar-refractivity contribution in [2.75, 3.05) is 25.5 Å². The molecule has 1 amide bonds. The average molecular weight is 292 g/mol. The standard InChI is InChI=1S/C16H24N2O3/c1-11-8-12(2)16(13(3)9-11)17-14(19)10-18(4)7-5-6-15(20)21/h8-9H,5-7,10H2,1-4H3,(H,17,19)(H,20,21). The number of anilines is 1. The van der Waals surface area contributed by atoms with Crippen LogP contribution >= 0.6 is 0 Å². The number of aryl methyl sites for hydroxylation is 3. The van der Waals surface area contributed by atoms with E-state index >= 15 is 0 Å². The van der Waals surface area contributed by atoms with Gasteiger partial charge >= 0.3 is 5.97 Å². The molecule has 5 heteroatoms. The lowest BCUT2D eigenvalue weighted by atomic mass is 10.1. The Balaban J connectivity index is 2.52. The fourth-order valence-electron chi connectivity index (χ4n) is 2.38. The van der Waals surface area contributed by atoms with Crippen molar-refractivity contribution < 1.29 is 14.7 Å². The zero-order valence-electron chi connectivity index (χ0n) is 13.2. The summed E-state index contributed by atoms with van der Waals surface area (Å²) in [4.78, 5) is 24.3. The van der Waals surface area contributed by atoms with Gasteiger partial charge in [0, 0.05) is 12.1 Å². The fourth-order valence-corrected chi connectivity index (χ4v) is 2.38. The smallest absolute Gasteiger partial charge is 0.303 e. The number of nitrogens with zero attached hydrogens (tertiary/aromatic N) is 1. The lowest BCUT2D eigenvalue weighted by Crippen LogP contribution is -2.31. The lowest BCUT2D eigenvalue weighted by molar-refractivity contribution is -0.137. The molecule has 0 unspecified atom stereocenters. The molecule has 0 saturated carbocycles. The topological polar surface area (TPSA) is 69.6 Å². The van der Waals surface area contributed by atoms with Gasteiger partial charge < -0.3 is 10.4 Å². The van der Waals surface area contributed by atoms with Gasteiger partial charge in [0.05, 0.1) is 6.54 Å². The monoisotopic (exact) mass is 292 g/mol. The minimum Gasteiger partial charge on any atom is -0.481 e. The van der Waals surface area contributed by atoms with Gasteiger partial charge in [0.15, 0.2) is 0 Å². The Hall–Kier alpha value is -1.88. The number of likely N-dealkylation sites (N-methyl/N-ethyl adjacent to an activating group) is 1. The molecule has 21 heavy (non-hydrogen) atoms. The van der Waals surface area contributed by atoms with E-state index in [1.54, 1.807) is 0 Å². The van der Waals surface area contributed by atoms with Gasteiger partial charge in [-0.25, -0.2) is 0 Å². The largest absolute Gasteiger partial charge is 0.481 e. The normalized spacial score (nSPS) is 10.7. The fraction of sp³-hybridized carbons (Fsp3) is 0.500. The SMILES string of the molecule is Cc1cc(C)c(NC(=O)CN(C)CCCC(=O)O)c(C)c1. The van der Waals surface area contributed by atoms with Crippen molar-refractivity contribution in [3.8, 4) is 0 Å². The molecular formula is C16H24N2O3. The summed E-state index contributed by atoms with van der Waals surface area (Å²) in [7, 11) is 1.82. The summed E-state index contributed by atoms with van der Waals surface area (Å²) in [6.07, 6.45) is 0.670. The van der Waals surface area contributed by atoms with Gasteiger partial charge in [-0.05, 0) is 51.9 Å². The molecule has 0 radical (unpaired) electrons. The summed E-state index contributed by atoms with van der Waals surface area (Å²) in [6.45, 7) is 6.83. The molecular weight excluding hydrogens is 268 g/mol. The summed E-state index contributed by atoms with van der Waals surface area (Å²) in [5, 5.41) is 11.5. The van der Waals surface area contributed by atoms with Crippen molar-refractivity contribution in [2.24, 2.45) is 0 Å². The van der Waals surface area contributed by atoms with Crippen molar-refractivity contribution in [3.63, 3.8) is 0 Å². The molecule has 1 aromatic rings. The number of rotatable bonds is 7. The minimum absolute atomic E-state index is 0.0807. The highest BCUT2D eigenvalue weighted by Crippen LogP contribution is 2.21. The predicted octanol–water partition coefficient (Wildman–Crippen LogP) is 2.35. The molecule has 0 aliphatic rings. The van der Waals surface area contributed by atoms with Crippen molar-refractivity contribution in [3.05, 3.63) is 28.8 Å². The number of carboxylic acids is 1. The lowest BCUT2D eigenvalue weighted by Gasteiger charge is -2.17. The summed E-state index contributed by atoms with van der Waals surface area (Å²) in [5.74, 6) is -0.887. The molecule has 0 atom stereocenters. The third kappa shape index (κ3) is 5.95. The molecule has 0 fully saturated rings. The number of hydrogen-bond acceptors (Lipinski definition) is 3. The van der Waals surface area contributed by atoms with Gasteiger partial charge in [0.25, 0.3) is 0 Å². The molecule has 0 heterocycles. The van der Waals surface area contributed by atoms with Gasteiger partial charge in [0.1, 0.15) is 0 Å². The number of aliphatic carboxylic acids is 1. The highest BCUT2D eigenvalue weighted by molar-refractivity contribution is 5.93. The zero-order valence-corrected chi connectivity index (χ0v) is 13.2. The van der Waals surface area contributed by atoms with Crippen LogP contribution in [0.4, 0.5) is 5.69 Å². The summed E-state index contributed by atoms with van der Waals surface area (Å²) in [5.41, 5.74) is 4.14. The maximum absolute atomic E-state index is 12.0. The second kappa shape index (κ2) is 7.78. The summed E-state index contributed by atoms with van der Waals surface area (Å²) < 4.78 is 0. The van der Waals surface area contributed by atoms with E-state index in [4.69, 9.17) is 5.11 Å². The molecule has 0 spiro atoms. The minimum atomic E-state index is -0.807. The van der Waals surface area contributed by atoms with E-state index in [2.05, 4.69) is 5.32 Å². The predicted molar refractivity (Wildman–Crippen MR) is 83.6 cm³/mol. The molecule has 0 aromatic heterocycles. The van der Waals surface area contributed by atoms with Crippen LogP contribution in [0, 0.1) is 20.8 Å². The van der Waals surface area contributed by atoms with E-state index in [0.717, 1.165) is 16.8 Å². The van der Waals surface area contributed by atoms with Crippen LogP contribution < -0.4 is 5.32 Å². The van der Waals surface area contributed by atoms with E-state index in [1.165, 1.54) is 5.56 Å². The quantitative estimate of drug-likeness (QED) is 0.809. The van der Waals surface area contributed by atoms with Crippen LogP contribution in [0.1, 0.15) is 29.5 Å². The van der Waals surface area contributed by atoms with Crippen LogP contribution in [-0.2, 0) is 9.59 Å². The Bertz CT molecular complexity index is 503. The van der Waals surface area contributed by atoms with Gasteiger partial charge in [-0.1, -0.05) is 17.7 Å². The molecule has 5 nitrogen and oxygen atoms in total. The van der Waals surface area contributed by atoms with Gasteiger partial charge in [-0.2, -0.15) is 0 Å². The Kier molecular flexibility index (Phi) is 6.37. The highest BCUT2D eigenvalue weighted by Gasteiger charge is 2.11. The van der Waals surface area contributed by atoms with Gasteiger partial charge in [-0.15, -0.1) is 0 Å². The third-order valence-corrected chi connectivity index (χ3v) is 3.29. The van der Waals surface area contributed by atoms with E-state index in [9.17, 15) is 9.59 Å². The summed E-state index contributed by atoms with van der Waals surface area (Å²) in [6, 6.07) is 4.08. The number of benzene rings is 1. The van der Waals surface area contributed by atoms with Crippen LogP contribution in [0.3, 0.4) is 0 Å². The van der Waals surface area contributed by atoms with Crippen LogP contribution in [-0.4, -0.2) is 42.0 Å². The highest BCUT2D eigenvalue weighted by atomic mass is 16.4. The molecule has 0 saturated heterocycles. The van der Waals surface area contributed by atoms with Crippen LogP contribution in [0.15, 0.2) is 12.1 Å².